The minimum atomic E-state index is -0.239. The molecule has 1 aromatic heterocycles. The van der Waals surface area contributed by atoms with Crippen LogP contribution in [0.4, 0.5) is 4.39 Å². The van der Waals surface area contributed by atoms with Gasteiger partial charge in [-0.15, -0.1) is 11.6 Å². The van der Waals surface area contributed by atoms with Crippen molar-refractivity contribution in [3.8, 4) is 0 Å². The lowest BCUT2D eigenvalue weighted by atomic mass is 10.2. The van der Waals surface area contributed by atoms with E-state index in [4.69, 9.17) is 23.2 Å². The van der Waals surface area contributed by atoms with Gasteiger partial charge in [-0.1, -0.05) is 35.9 Å². The van der Waals surface area contributed by atoms with Crippen LogP contribution in [0.15, 0.2) is 42.5 Å². The Morgan fingerprint density at radius 2 is 1.90 bits per heavy atom. The van der Waals surface area contributed by atoms with E-state index in [-0.39, 0.29) is 11.7 Å². The highest BCUT2D eigenvalue weighted by atomic mass is 35.5. The van der Waals surface area contributed by atoms with Crippen LogP contribution < -0.4 is 0 Å². The molecule has 0 fully saturated rings. The Morgan fingerprint density at radius 3 is 2.65 bits per heavy atom. The van der Waals surface area contributed by atoms with Gasteiger partial charge in [0.2, 0.25) is 0 Å². The summed E-state index contributed by atoms with van der Waals surface area (Å²) in [7, 11) is 0. The standard InChI is InChI=1S/C15H11Cl2FN2/c16-8-14-19-15-11(17)5-3-7-13(15)20(14)9-10-4-1-2-6-12(10)18/h1-7H,8-9H2. The lowest BCUT2D eigenvalue weighted by Crippen LogP contribution is -2.05. The first-order valence-corrected chi connectivity index (χ1v) is 7.05. The fraction of sp³-hybridized carbons (Fsp3) is 0.133. The monoisotopic (exact) mass is 308 g/mol. The summed E-state index contributed by atoms with van der Waals surface area (Å²) in [5, 5.41) is 0.571. The normalized spacial score (nSPS) is 11.2. The van der Waals surface area contributed by atoms with Gasteiger partial charge >= 0.3 is 0 Å². The van der Waals surface area contributed by atoms with Gasteiger partial charge in [0.05, 0.1) is 23.0 Å². The minimum absolute atomic E-state index is 0.239. The Kier molecular flexibility index (Phi) is 3.64. The van der Waals surface area contributed by atoms with E-state index in [0.717, 1.165) is 5.52 Å². The SMILES string of the molecule is Fc1ccccc1Cn1c(CCl)nc2c(Cl)cccc21. The molecule has 0 unspecified atom stereocenters. The summed E-state index contributed by atoms with van der Waals surface area (Å²) < 4.78 is 15.7. The highest BCUT2D eigenvalue weighted by Gasteiger charge is 2.13. The van der Waals surface area contributed by atoms with Crippen molar-refractivity contribution in [2.75, 3.05) is 0 Å². The van der Waals surface area contributed by atoms with Crippen LogP contribution in [0, 0.1) is 5.82 Å². The predicted molar refractivity (Wildman–Crippen MR) is 79.8 cm³/mol. The van der Waals surface area contributed by atoms with Gasteiger partial charge in [0.1, 0.15) is 17.2 Å². The summed E-state index contributed by atoms with van der Waals surface area (Å²) in [6.07, 6.45) is 0. The van der Waals surface area contributed by atoms with E-state index in [0.29, 0.717) is 28.5 Å². The Morgan fingerprint density at radius 1 is 1.10 bits per heavy atom. The molecule has 0 spiro atoms. The molecule has 3 rings (SSSR count). The Hall–Kier alpha value is -1.58. The largest absolute Gasteiger partial charge is 0.322 e. The maximum absolute atomic E-state index is 13.8. The number of rotatable bonds is 3. The zero-order valence-electron chi connectivity index (χ0n) is 10.5. The number of benzene rings is 2. The van der Waals surface area contributed by atoms with Crippen molar-refractivity contribution in [1.82, 2.24) is 9.55 Å². The summed E-state index contributed by atoms with van der Waals surface area (Å²) in [5.74, 6) is 0.689. The summed E-state index contributed by atoms with van der Waals surface area (Å²) in [5.41, 5.74) is 2.15. The van der Waals surface area contributed by atoms with E-state index >= 15 is 0 Å². The quantitative estimate of drug-likeness (QED) is 0.646. The lowest BCUT2D eigenvalue weighted by Gasteiger charge is -2.08. The smallest absolute Gasteiger partial charge is 0.128 e. The number of fused-ring (bicyclic) bond motifs is 1. The van der Waals surface area contributed by atoms with Gasteiger partial charge in [0.25, 0.3) is 0 Å². The van der Waals surface area contributed by atoms with Crippen LogP contribution in [-0.2, 0) is 12.4 Å². The van der Waals surface area contributed by atoms with Crippen LogP contribution in [0.2, 0.25) is 5.02 Å². The first-order chi connectivity index (χ1) is 9.70. The molecule has 0 radical (unpaired) electrons. The number of aromatic nitrogens is 2. The Balaban J connectivity index is 2.15. The number of imidazole rings is 1. The van der Waals surface area contributed by atoms with Crippen molar-refractivity contribution in [3.05, 3.63) is 64.7 Å². The van der Waals surface area contributed by atoms with Gasteiger partial charge in [-0.05, 0) is 18.2 Å². The molecule has 5 heteroatoms. The molecule has 0 bridgehead atoms. The maximum Gasteiger partial charge on any atom is 0.128 e. The molecule has 0 saturated carbocycles. The second kappa shape index (κ2) is 5.43. The van der Waals surface area contributed by atoms with Crippen LogP contribution >= 0.6 is 23.2 Å². The van der Waals surface area contributed by atoms with Crippen molar-refractivity contribution >= 4 is 34.2 Å². The molecule has 102 valence electrons. The van der Waals surface area contributed by atoms with Crippen molar-refractivity contribution in [3.63, 3.8) is 0 Å². The summed E-state index contributed by atoms with van der Waals surface area (Å²) in [6, 6.07) is 12.2. The lowest BCUT2D eigenvalue weighted by molar-refractivity contribution is 0.599. The third kappa shape index (κ3) is 2.28. The average Bonchev–Trinajstić information content (AvgIpc) is 2.81. The van der Waals surface area contributed by atoms with Crippen molar-refractivity contribution in [1.29, 1.82) is 0 Å². The summed E-state index contributed by atoms with van der Waals surface area (Å²) in [6.45, 7) is 0.381. The van der Waals surface area contributed by atoms with Gasteiger partial charge in [-0.25, -0.2) is 9.37 Å². The van der Waals surface area contributed by atoms with Crippen LogP contribution in [0.5, 0.6) is 0 Å². The molecule has 2 nitrogen and oxygen atoms in total. The van der Waals surface area contributed by atoms with E-state index in [2.05, 4.69) is 4.98 Å². The second-order valence-corrected chi connectivity index (χ2v) is 5.12. The highest BCUT2D eigenvalue weighted by Crippen LogP contribution is 2.25. The van der Waals surface area contributed by atoms with Crippen molar-refractivity contribution in [2.24, 2.45) is 0 Å². The molecule has 0 aliphatic carbocycles. The number of nitrogens with zero attached hydrogens (tertiary/aromatic N) is 2. The molecule has 0 aliphatic rings. The molecule has 0 aliphatic heterocycles. The van der Waals surface area contributed by atoms with Crippen molar-refractivity contribution in [2.45, 2.75) is 12.4 Å². The van der Waals surface area contributed by atoms with Crippen LogP contribution in [0.25, 0.3) is 11.0 Å². The fourth-order valence-corrected chi connectivity index (χ4v) is 2.65. The van der Waals surface area contributed by atoms with Crippen molar-refractivity contribution < 1.29 is 4.39 Å². The molecular formula is C15H11Cl2FN2. The van der Waals surface area contributed by atoms with Gasteiger partial charge in [0, 0.05) is 5.56 Å². The molecule has 2 aromatic carbocycles. The molecule has 0 atom stereocenters. The summed E-state index contributed by atoms with van der Waals surface area (Å²) >= 11 is 12.1. The van der Waals surface area contributed by atoms with Crippen LogP contribution in [0.3, 0.4) is 0 Å². The van der Waals surface area contributed by atoms with Gasteiger partial charge < -0.3 is 4.57 Å². The third-order valence-corrected chi connectivity index (χ3v) is 3.76. The predicted octanol–water partition coefficient (Wildman–Crippen LogP) is 4.62. The van der Waals surface area contributed by atoms with Gasteiger partial charge in [-0.2, -0.15) is 0 Å². The number of hydrogen-bond donors (Lipinski definition) is 0. The van der Waals surface area contributed by atoms with E-state index in [1.165, 1.54) is 6.07 Å². The molecular weight excluding hydrogens is 298 g/mol. The zero-order chi connectivity index (χ0) is 14.1. The van der Waals surface area contributed by atoms with E-state index in [1.54, 1.807) is 18.2 Å². The Labute approximate surface area is 125 Å². The van der Waals surface area contributed by atoms with Gasteiger partial charge in [-0.3, -0.25) is 0 Å². The topological polar surface area (TPSA) is 17.8 Å². The molecule has 20 heavy (non-hydrogen) atoms. The highest BCUT2D eigenvalue weighted by molar-refractivity contribution is 6.35. The van der Waals surface area contributed by atoms with Crippen LogP contribution in [0.1, 0.15) is 11.4 Å². The molecule has 1 heterocycles. The minimum Gasteiger partial charge on any atom is -0.322 e. The Bertz CT molecular complexity index is 768. The fourth-order valence-electron chi connectivity index (χ4n) is 2.24. The molecule has 0 N–H and O–H groups in total. The second-order valence-electron chi connectivity index (χ2n) is 4.45. The zero-order valence-corrected chi connectivity index (χ0v) is 12.0. The number of para-hydroxylation sites is 1. The average molecular weight is 309 g/mol. The van der Waals surface area contributed by atoms with E-state index < -0.39 is 0 Å². The molecule has 3 aromatic rings. The maximum atomic E-state index is 13.8. The molecule has 0 amide bonds. The first-order valence-electron chi connectivity index (χ1n) is 6.13. The number of halogens is 3. The molecule has 0 saturated heterocycles. The third-order valence-electron chi connectivity index (χ3n) is 3.21. The van der Waals surface area contributed by atoms with Gasteiger partial charge in [0.15, 0.2) is 0 Å². The number of alkyl halides is 1. The first kappa shape index (κ1) is 13.4. The summed E-state index contributed by atoms with van der Waals surface area (Å²) in [4.78, 5) is 4.43. The van der Waals surface area contributed by atoms with E-state index in [9.17, 15) is 4.39 Å². The van der Waals surface area contributed by atoms with Crippen LogP contribution in [-0.4, -0.2) is 9.55 Å². The van der Waals surface area contributed by atoms with E-state index in [1.807, 2.05) is 22.8 Å². The number of hydrogen-bond acceptors (Lipinski definition) is 1.